The van der Waals surface area contributed by atoms with Crippen molar-refractivity contribution < 1.29 is 4.79 Å². The predicted octanol–water partition coefficient (Wildman–Crippen LogP) is 4.71. The molecule has 1 amide bonds. The molecule has 122 valence electrons. The number of rotatable bonds is 4. The van der Waals surface area contributed by atoms with Gasteiger partial charge in [-0.15, -0.1) is 0 Å². The zero-order chi connectivity index (χ0) is 17.6. The molecular formula is C19H13BrN4O. The number of pyridine rings is 1. The van der Waals surface area contributed by atoms with E-state index in [0.29, 0.717) is 28.2 Å². The van der Waals surface area contributed by atoms with Crippen LogP contribution in [-0.4, -0.2) is 10.9 Å². The predicted molar refractivity (Wildman–Crippen MR) is 101 cm³/mol. The second kappa shape index (κ2) is 7.60. The van der Waals surface area contributed by atoms with Gasteiger partial charge in [0.2, 0.25) is 0 Å². The maximum atomic E-state index is 12.4. The van der Waals surface area contributed by atoms with Gasteiger partial charge in [-0.3, -0.25) is 9.78 Å². The highest BCUT2D eigenvalue weighted by atomic mass is 79.9. The third-order valence-corrected chi connectivity index (χ3v) is 3.96. The van der Waals surface area contributed by atoms with E-state index in [0.717, 1.165) is 4.47 Å². The fourth-order valence-corrected chi connectivity index (χ4v) is 2.48. The third kappa shape index (κ3) is 4.22. The average molecular weight is 393 g/mol. The lowest BCUT2D eigenvalue weighted by Gasteiger charge is -2.10. The van der Waals surface area contributed by atoms with E-state index in [4.69, 9.17) is 5.26 Å². The Labute approximate surface area is 153 Å². The van der Waals surface area contributed by atoms with E-state index in [1.807, 2.05) is 18.2 Å². The molecule has 0 saturated heterocycles. The zero-order valence-electron chi connectivity index (χ0n) is 13.0. The van der Waals surface area contributed by atoms with Crippen LogP contribution in [0.2, 0.25) is 0 Å². The van der Waals surface area contributed by atoms with E-state index in [1.54, 1.807) is 42.6 Å². The number of aromatic nitrogens is 1. The number of hydrogen-bond donors (Lipinski definition) is 2. The number of hydrogen-bond acceptors (Lipinski definition) is 4. The zero-order valence-corrected chi connectivity index (χ0v) is 14.6. The van der Waals surface area contributed by atoms with Crippen LogP contribution in [-0.2, 0) is 0 Å². The summed E-state index contributed by atoms with van der Waals surface area (Å²) in [5.74, 6) is -0.257. The minimum atomic E-state index is -0.257. The van der Waals surface area contributed by atoms with Gasteiger partial charge in [-0.2, -0.15) is 5.26 Å². The fraction of sp³-hybridized carbons (Fsp3) is 0. The van der Waals surface area contributed by atoms with Crippen LogP contribution in [0.5, 0.6) is 0 Å². The number of nitrogens with one attached hydrogen (secondary N) is 2. The molecule has 0 aliphatic heterocycles. The van der Waals surface area contributed by atoms with Crippen molar-refractivity contribution in [2.75, 3.05) is 10.6 Å². The molecule has 2 N–H and O–H groups in total. The molecule has 2 aromatic carbocycles. The molecule has 0 unspecified atom stereocenters. The lowest BCUT2D eigenvalue weighted by molar-refractivity contribution is 0.102. The Morgan fingerprint density at radius 3 is 2.56 bits per heavy atom. The minimum Gasteiger partial charge on any atom is -0.353 e. The lowest BCUT2D eigenvalue weighted by Crippen LogP contribution is -2.12. The van der Waals surface area contributed by atoms with E-state index in [9.17, 15) is 4.79 Å². The standard InChI is InChI=1S/C19H13BrN4O/c20-15-5-7-16(8-6-15)24-19(25)14-9-17(12-22-11-14)23-18-4-2-1-3-13(18)10-21/h1-9,11-12,23H,(H,24,25). The second-order valence-corrected chi connectivity index (χ2v) is 6.12. The van der Waals surface area contributed by atoms with Gasteiger partial charge in [0, 0.05) is 16.4 Å². The monoisotopic (exact) mass is 392 g/mol. The SMILES string of the molecule is N#Cc1ccccc1Nc1cncc(C(=O)Nc2ccc(Br)cc2)c1. The van der Waals surface area contributed by atoms with E-state index in [2.05, 4.69) is 37.6 Å². The Bertz CT molecular complexity index is 948. The first-order chi connectivity index (χ1) is 12.2. The Morgan fingerprint density at radius 2 is 1.80 bits per heavy atom. The van der Waals surface area contributed by atoms with Crippen molar-refractivity contribution in [1.82, 2.24) is 4.98 Å². The molecule has 0 atom stereocenters. The second-order valence-electron chi connectivity index (χ2n) is 5.21. The molecule has 6 heteroatoms. The molecule has 0 aliphatic rings. The van der Waals surface area contributed by atoms with Crippen molar-refractivity contribution in [3.63, 3.8) is 0 Å². The molecular weight excluding hydrogens is 380 g/mol. The largest absolute Gasteiger partial charge is 0.353 e. The van der Waals surface area contributed by atoms with Crippen LogP contribution in [0.1, 0.15) is 15.9 Å². The van der Waals surface area contributed by atoms with Crippen molar-refractivity contribution in [2.24, 2.45) is 0 Å². The van der Waals surface area contributed by atoms with Crippen molar-refractivity contribution in [1.29, 1.82) is 5.26 Å². The Morgan fingerprint density at radius 1 is 1.04 bits per heavy atom. The van der Waals surface area contributed by atoms with Gasteiger partial charge in [-0.25, -0.2) is 0 Å². The van der Waals surface area contributed by atoms with Gasteiger partial charge < -0.3 is 10.6 Å². The smallest absolute Gasteiger partial charge is 0.257 e. The molecule has 0 radical (unpaired) electrons. The maximum absolute atomic E-state index is 12.4. The first kappa shape index (κ1) is 16.7. The lowest BCUT2D eigenvalue weighted by atomic mass is 10.2. The van der Waals surface area contributed by atoms with Crippen LogP contribution in [0.3, 0.4) is 0 Å². The number of carbonyl (C=O) groups is 1. The summed E-state index contributed by atoms with van der Waals surface area (Å²) in [5.41, 5.74) is 2.93. The Balaban J connectivity index is 1.78. The Kier molecular flexibility index (Phi) is 5.07. The summed E-state index contributed by atoms with van der Waals surface area (Å²) in [7, 11) is 0. The fourth-order valence-electron chi connectivity index (χ4n) is 2.21. The van der Waals surface area contributed by atoms with Crippen LogP contribution in [0.4, 0.5) is 17.1 Å². The van der Waals surface area contributed by atoms with E-state index < -0.39 is 0 Å². The highest BCUT2D eigenvalue weighted by Crippen LogP contribution is 2.21. The number of halogens is 1. The van der Waals surface area contributed by atoms with Crippen LogP contribution in [0.25, 0.3) is 0 Å². The summed E-state index contributed by atoms with van der Waals surface area (Å²) < 4.78 is 0.939. The van der Waals surface area contributed by atoms with Gasteiger partial charge >= 0.3 is 0 Å². The quantitative estimate of drug-likeness (QED) is 0.673. The number of amides is 1. The van der Waals surface area contributed by atoms with Crippen molar-refractivity contribution in [3.8, 4) is 6.07 Å². The number of anilines is 3. The molecule has 5 nitrogen and oxygen atoms in total. The molecule has 0 saturated carbocycles. The van der Waals surface area contributed by atoms with Gasteiger partial charge in [0.1, 0.15) is 6.07 Å². The molecule has 1 aromatic heterocycles. The van der Waals surface area contributed by atoms with E-state index >= 15 is 0 Å². The van der Waals surface area contributed by atoms with Gasteiger partial charge in [-0.05, 0) is 42.5 Å². The summed E-state index contributed by atoms with van der Waals surface area (Å²) in [6.45, 7) is 0. The molecule has 25 heavy (non-hydrogen) atoms. The molecule has 0 fully saturated rings. The van der Waals surface area contributed by atoms with Gasteiger partial charge in [0.15, 0.2) is 0 Å². The van der Waals surface area contributed by atoms with Crippen molar-refractivity contribution >= 4 is 38.9 Å². The van der Waals surface area contributed by atoms with Crippen LogP contribution < -0.4 is 10.6 Å². The first-order valence-corrected chi connectivity index (χ1v) is 8.23. The number of benzene rings is 2. The van der Waals surface area contributed by atoms with Gasteiger partial charge in [0.05, 0.1) is 28.7 Å². The topological polar surface area (TPSA) is 77.8 Å². The average Bonchev–Trinajstić information content (AvgIpc) is 2.64. The highest BCUT2D eigenvalue weighted by Gasteiger charge is 2.09. The van der Waals surface area contributed by atoms with Crippen LogP contribution >= 0.6 is 15.9 Å². The first-order valence-electron chi connectivity index (χ1n) is 7.44. The molecule has 3 aromatic rings. The molecule has 0 aliphatic carbocycles. The summed E-state index contributed by atoms with van der Waals surface area (Å²) in [4.78, 5) is 16.5. The van der Waals surface area contributed by atoms with E-state index in [-0.39, 0.29) is 5.91 Å². The number of nitriles is 1. The number of nitrogens with zero attached hydrogens (tertiary/aromatic N) is 2. The van der Waals surface area contributed by atoms with Crippen molar-refractivity contribution in [2.45, 2.75) is 0 Å². The van der Waals surface area contributed by atoms with Crippen LogP contribution in [0.15, 0.2) is 71.5 Å². The molecule has 0 spiro atoms. The summed E-state index contributed by atoms with van der Waals surface area (Å²) in [6.07, 6.45) is 3.10. The van der Waals surface area contributed by atoms with Crippen molar-refractivity contribution in [3.05, 3.63) is 82.6 Å². The summed E-state index contributed by atoms with van der Waals surface area (Å²) in [6, 6.07) is 18.3. The maximum Gasteiger partial charge on any atom is 0.257 e. The number of para-hydroxylation sites is 1. The molecule has 0 bridgehead atoms. The highest BCUT2D eigenvalue weighted by molar-refractivity contribution is 9.10. The summed E-state index contributed by atoms with van der Waals surface area (Å²) in [5, 5.41) is 15.1. The number of carbonyl (C=O) groups excluding carboxylic acids is 1. The third-order valence-electron chi connectivity index (χ3n) is 3.43. The normalized spacial score (nSPS) is 9.92. The van der Waals surface area contributed by atoms with Gasteiger partial charge in [-0.1, -0.05) is 28.1 Å². The van der Waals surface area contributed by atoms with Crippen LogP contribution in [0, 0.1) is 11.3 Å². The minimum absolute atomic E-state index is 0.257. The molecule has 1 heterocycles. The van der Waals surface area contributed by atoms with Gasteiger partial charge in [0.25, 0.3) is 5.91 Å². The summed E-state index contributed by atoms with van der Waals surface area (Å²) >= 11 is 3.36. The Hall–Kier alpha value is -3.17. The van der Waals surface area contributed by atoms with E-state index in [1.165, 1.54) is 6.20 Å². The molecule has 3 rings (SSSR count).